The highest BCUT2D eigenvalue weighted by atomic mass is 16.5. The highest BCUT2D eigenvalue weighted by Crippen LogP contribution is 2.21. The molecular weight excluding hydrogens is 376 g/mol. The van der Waals surface area contributed by atoms with Crippen LogP contribution in [0.15, 0.2) is 85.7 Å². The molecule has 1 N–H and O–H groups in total. The van der Waals surface area contributed by atoms with E-state index in [1.54, 1.807) is 24.9 Å². The van der Waals surface area contributed by atoms with Gasteiger partial charge < -0.3 is 14.6 Å². The van der Waals surface area contributed by atoms with Crippen molar-refractivity contribution in [1.82, 2.24) is 14.5 Å². The Morgan fingerprint density at radius 3 is 2.53 bits per heavy atom. The summed E-state index contributed by atoms with van der Waals surface area (Å²) in [5, 5.41) is 2.90. The van der Waals surface area contributed by atoms with Crippen LogP contribution in [0.1, 0.15) is 15.9 Å². The fourth-order valence-corrected chi connectivity index (χ4v) is 2.99. The number of imidazole rings is 1. The molecule has 0 aliphatic rings. The van der Waals surface area contributed by atoms with E-state index in [2.05, 4.69) is 15.3 Å². The third-order valence-electron chi connectivity index (χ3n) is 4.67. The number of carbonyl (C=O) groups excluding carboxylic acids is 1. The Kier molecular flexibility index (Phi) is 5.85. The minimum absolute atomic E-state index is 0.203. The van der Waals surface area contributed by atoms with Crippen LogP contribution < -0.4 is 10.1 Å². The standard InChI is InChI=1S/C24H22N4O2/c1-18-2-4-19(5-3-18)20-14-21(16-26-15-20)24(29)27-22-6-8-23(9-7-22)30-13-12-28-11-10-25-17-28/h2-11,14-17H,12-13H2,1H3,(H,27,29). The third kappa shape index (κ3) is 4.91. The van der Waals surface area contributed by atoms with Gasteiger partial charge in [-0.2, -0.15) is 0 Å². The fraction of sp³-hybridized carbons (Fsp3) is 0.125. The first-order valence-corrected chi connectivity index (χ1v) is 9.69. The van der Waals surface area contributed by atoms with Crippen molar-refractivity contribution in [1.29, 1.82) is 0 Å². The van der Waals surface area contributed by atoms with Crippen molar-refractivity contribution in [2.24, 2.45) is 0 Å². The van der Waals surface area contributed by atoms with Crippen molar-refractivity contribution >= 4 is 11.6 Å². The molecule has 0 saturated heterocycles. The molecule has 0 atom stereocenters. The van der Waals surface area contributed by atoms with Crippen LogP contribution in [0.4, 0.5) is 5.69 Å². The van der Waals surface area contributed by atoms with E-state index in [1.807, 2.05) is 72.3 Å². The molecule has 1 amide bonds. The fourth-order valence-electron chi connectivity index (χ4n) is 2.99. The van der Waals surface area contributed by atoms with Crippen molar-refractivity contribution in [3.8, 4) is 16.9 Å². The van der Waals surface area contributed by atoms with Gasteiger partial charge in [0.1, 0.15) is 12.4 Å². The topological polar surface area (TPSA) is 69.0 Å². The number of aryl methyl sites for hydroxylation is 1. The zero-order chi connectivity index (χ0) is 20.8. The average molecular weight is 398 g/mol. The number of nitrogens with zero attached hydrogens (tertiary/aromatic N) is 3. The average Bonchev–Trinajstić information content (AvgIpc) is 3.29. The predicted molar refractivity (Wildman–Crippen MR) is 117 cm³/mol. The number of benzene rings is 2. The molecule has 0 aliphatic carbocycles. The highest BCUT2D eigenvalue weighted by molar-refractivity contribution is 6.04. The van der Waals surface area contributed by atoms with E-state index in [0.29, 0.717) is 17.9 Å². The molecule has 2 aromatic heterocycles. The van der Waals surface area contributed by atoms with E-state index >= 15 is 0 Å². The van der Waals surface area contributed by atoms with E-state index < -0.39 is 0 Å². The number of anilines is 1. The molecule has 6 nitrogen and oxygen atoms in total. The van der Waals surface area contributed by atoms with Crippen molar-refractivity contribution in [3.63, 3.8) is 0 Å². The van der Waals surface area contributed by atoms with Gasteiger partial charge in [-0.1, -0.05) is 29.8 Å². The third-order valence-corrected chi connectivity index (χ3v) is 4.67. The van der Waals surface area contributed by atoms with Crippen molar-refractivity contribution in [2.45, 2.75) is 13.5 Å². The molecule has 6 heteroatoms. The van der Waals surface area contributed by atoms with Gasteiger partial charge in [-0.05, 0) is 42.8 Å². The number of aromatic nitrogens is 3. The molecule has 0 saturated carbocycles. The lowest BCUT2D eigenvalue weighted by Crippen LogP contribution is -2.12. The maximum Gasteiger partial charge on any atom is 0.257 e. The number of rotatable bonds is 7. The van der Waals surface area contributed by atoms with Crippen LogP contribution >= 0.6 is 0 Å². The summed E-state index contributed by atoms with van der Waals surface area (Å²) in [6.45, 7) is 3.31. The van der Waals surface area contributed by atoms with Crippen molar-refractivity contribution in [2.75, 3.05) is 11.9 Å². The second-order valence-corrected chi connectivity index (χ2v) is 6.96. The zero-order valence-electron chi connectivity index (χ0n) is 16.7. The van der Waals surface area contributed by atoms with Gasteiger partial charge >= 0.3 is 0 Å². The summed E-state index contributed by atoms with van der Waals surface area (Å²) >= 11 is 0. The number of amides is 1. The van der Waals surface area contributed by atoms with Crippen molar-refractivity contribution in [3.05, 3.63) is 96.8 Å². The molecule has 0 bridgehead atoms. The van der Waals surface area contributed by atoms with Gasteiger partial charge in [-0.3, -0.25) is 9.78 Å². The normalized spacial score (nSPS) is 10.6. The Balaban J connectivity index is 1.36. The number of carbonyl (C=O) groups is 1. The Morgan fingerprint density at radius 2 is 1.80 bits per heavy atom. The Labute approximate surface area is 175 Å². The second-order valence-electron chi connectivity index (χ2n) is 6.96. The summed E-state index contributed by atoms with van der Waals surface area (Å²) in [5.41, 5.74) is 4.33. The molecule has 2 aromatic carbocycles. The monoisotopic (exact) mass is 398 g/mol. The van der Waals surface area contributed by atoms with E-state index in [1.165, 1.54) is 5.56 Å². The molecule has 4 aromatic rings. The molecule has 2 heterocycles. The summed E-state index contributed by atoms with van der Waals surface area (Å²) in [4.78, 5) is 20.9. The van der Waals surface area contributed by atoms with Crippen LogP contribution in [-0.2, 0) is 6.54 Å². The largest absolute Gasteiger partial charge is 0.492 e. The molecule has 150 valence electrons. The van der Waals surface area contributed by atoms with Crippen molar-refractivity contribution < 1.29 is 9.53 Å². The Morgan fingerprint density at radius 1 is 1.00 bits per heavy atom. The zero-order valence-corrected chi connectivity index (χ0v) is 16.7. The summed E-state index contributed by atoms with van der Waals surface area (Å²) in [7, 11) is 0. The van der Waals surface area contributed by atoms with Gasteiger partial charge in [0, 0.05) is 36.0 Å². The minimum Gasteiger partial charge on any atom is -0.492 e. The summed E-state index contributed by atoms with van der Waals surface area (Å²) in [6, 6.07) is 17.3. The number of hydrogen-bond donors (Lipinski definition) is 1. The van der Waals surface area contributed by atoms with Gasteiger partial charge in [0.25, 0.3) is 5.91 Å². The predicted octanol–water partition coefficient (Wildman–Crippen LogP) is 4.58. The first kappa shape index (κ1) is 19.4. The number of pyridine rings is 1. The molecule has 0 fully saturated rings. The maximum atomic E-state index is 12.6. The Hall–Kier alpha value is -3.93. The minimum atomic E-state index is -0.203. The van der Waals surface area contributed by atoms with Gasteiger partial charge in [0.05, 0.1) is 18.4 Å². The smallest absolute Gasteiger partial charge is 0.257 e. The molecule has 0 radical (unpaired) electrons. The molecule has 0 spiro atoms. The second kappa shape index (κ2) is 9.05. The Bertz CT molecular complexity index is 1100. The molecule has 30 heavy (non-hydrogen) atoms. The summed E-state index contributed by atoms with van der Waals surface area (Å²) in [5.74, 6) is 0.543. The van der Waals surface area contributed by atoms with Gasteiger partial charge in [-0.15, -0.1) is 0 Å². The van der Waals surface area contributed by atoms with Crippen LogP contribution in [0.25, 0.3) is 11.1 Å². The van der Waals surface area contributed by atoms with E-state index in [-0.39, 0.29) is 5.91 Å². The number of ether oxygens (including phenoxy) is 1. The van der Waals surface area contributed by atoms with E-state index in [0.717, 1.165) is 23.4 Å². The lowest BCUT2D eigenvalue weighted by Gasteiger charge is -2.09. The van der Waals surface area contributed by atoms with Gasteiger partial charge in [-0.25, -0.2) is 4.98 Å². The lowest BCUT2D eigenvalue weighted by molar-refractivity contribution is 0.102. The van der Waals surface area contributed by atoms with Crippen LogP contribution in [0.2, 0.25) is 0 Å². The van der Waals surface area contributed by atoms with E-state index in [4.69, 9.17) is 4.74 Å². The summed E-state index contributed by atoms with van der Waals surface area (Å²) < 4.78 is 7.68. The van der Waals surface area contributed by atoms with Crippen LogP contribution in [-0.4, -0.2) is 27.0 Å². The number of hydrogen-bond acceptors (Lipinski definition) is 4. The first-order chi connectivity index (χ1) is 14.7. The highest BCUT2D eigenvalue weighted by Gasteiger charge is 2.09. The molecule has 0 unspecified atom stereocenters. The van der Waals surface area contributed by atoms with Crippen LogP contribution in [0, 0.1) is 6.92 Å². The molecular formula is C24H22N4O2. The summed E-state index contributed by atoms with van der Waals surface area (Å²) in [6.07, 6.45) is 8.72. The molecule has 4 rings (SSSR count). The first-order valence-electron chi connectivity index (χ1n) is 9.69. The SMILES string of the molecule is Cc1ccc(-c2cncc(C(=O)Nc3ccc(OCCn4ccnc4)cc3)c2)cc1. The lowest BCUT2D eigenvalue weighted by atomic mass is 10.0. The van der Waals surface area contributed by atoms with Crippen LogP contribution in [0.3, 0.4) is 0 Å². The van der Waals surface area contributed by atoms with E-state index in [9.17, 15) is 4.79 Å². The maximum absolute atomic E-state index is 12.6. The number of nitrogens with one attached hydrogen (secondary N) is 1. The van der Waals surface area contributed by atoms with Crippen LogP contribution in [0.5, 0.6) is 5.75 Å². The van der Waals surface area contributed by atoms with Gasteiger partial charge in [0.15, 0.2) is 0 Å². The quantitative estimate of drug-likeness (QED) is 0.495. The van der Waals surface area contributed by atoms with Gasteiger partial charge in [0.2, 0.25) is 0 Å². The molecule has 0 aliphatic heterocycles.